The molecular formula is C60H87N11O7. The molecule has 1 spiro atoms. The Labute approximate surface area is 461 Å². The third kappa shape index (κ3) is 10.8. The number of ether oxygens (including phenoxy) is 3. The van der Waals surface area contributed by atoms with E-state index in [2.05, 4.69) is 111 Å². The molecule has 8 fully saturated rings. The number of esters is 1. The molecule has 6 saturated heterocycles. The number of pyridine rings is 1. The summed E-state index contributed by atoms with van der Waals surface area (Å²) in [6, 6.07) is 8.08. The number of carbonyl (C=O) groups excluding carboxylic acids is 4. The van der Waals surface area contributed by atoms with Crippen molar-refractivity contribution in [3.8, 4) is 11.3 Å². The van der Waals surface area contributed by atoms with Crippen molar-refractivity contribution >= 4 is 46.0 Å². The molecule has 2 unspecified atom stereocenters. The summed E-state index contributed by atoms with van der Waals surface area (Å²) in [5.41, 5.74) is 10.3. The van der Waals surface area contributed by atoms with Gasteiger partial charge in [0.2, 0.25) is 11.8 Å². The second kappa shape index (κ2) is 21.6. The molecule has 3 aromatic rings. The zero-order chi connectivity index (χ0) is 54.2. The second-order valence-electron chi connectivity index (χ2n) is 26.0. The molecule has 9 aliphatic rings. The number of morpholine rings is 1. The van der Waals surface area contributed by atoms with Gasteiger partial charge in [-0.15, -0.1) is 0 Å². The third-order valence-corrected chi connectivity index (χ3v) is 19.3. The fourth-order valence-corrected chi connectivity index (χ4v) is 14.5. The van der Waals surface area contributed by atoms with Crippen LogP contribution in [0.5, 0.6) is 0 Å². The lowest BCUT2D eigenvalue weighted by molar-refractivity contribution is -0.156. The molecule has 2 saturated carbocycles. The number of fused-ring (bicyclic) bond motifs is 6. The number of likely N-dealkylation sites (tertiary alicyclic amines) is 2. The average molecular weight is 1070 g/mol. The second-order valence-corrected chi connectivity index (χ2v) is 26.0. The van der Waals surface area contributed by atoms with E-state index in [1.54, 1.807) is 12.1 Å². The summed E-state index contributed by atoms with van der Waals surface area (Å²) in [7, 11) is 1.75. The van der Waals surface area contributed by atoms with E-state index >= 15 is 4.79 Å². The number of anilines is 2. The Morgan fingerprint density at radius 2 is 1.72 bits per heavy atom. The van der Waals surface area contributed by atoms with E-state index < -0.39 is 29.5 Å². The summed E-state index contributed by atoms with van der Waals surface area (Å²) in [5, 5.41) is 9.45. The molecule has 0 radical (unpaired) electrons. The molecule has 18 nitrogen and oxygen atoms in total. The smallest absolute Gasteiger partial charge is 0.324 e. The van der Waals surface area contributed by atoms with Crippen molar-refractivity contribution in [2.24, 2.45) is 22.7 Å². The monoisotopic (exact) mass is 1070 g/mol. The zero-order valence-corrected chi connectivity index (χ0v) is 47.6. The van der Waals surface area contributed by atoms with Crippen LogP contribution in [0.1, 0.15) is 117 Å². The van der Waals surface area contributed by atoms with Crippen molar-refractivity contribution in [2.45, 2.75) is 161 Å². The summed E-state index contributed by atoms with van der Waals surface area (Å²) in [6.45, 7) is 22.7. The van der Waals surface area contributed by atoms with Gasteiger partial charge in [-0.2, -0.15) is 0 Å². The van der Waals surface area contributed by atoms with Crippen LogP contribution in [0.3, 0.4) is 0 Å². The number of aromatic nitrogens is 2. The average Bonchev–Trinajstić information content (AvgIpc) is 4.49. The highest BCUT2D eigenvalue weighted by Gasteiger charge is 2.55. The highest BCUT2D eigenvalue weighted by Crippen LogP contribution is 2.46. The maximum Gasteiger partial charge on any atom is 0.324 e. The Morgan fingerprint density at radius 1 is 0.923 bits per heavy atom. The molecule has 18 heteroatoms. The minimum absolute atomic E-state index is 0.0326. The highest BCUT2D eigenvalue weighted by atomic mass is 16.5. The van der Waals surface area contributed by atoms with Gasteiger partial charge in [-0.25, -0.2) is 5.43 Å². The number of cyclic esters (lactones) is 1. The number of hydrogen-bond donors (Lipinski definition) is 3. The topological polar surface area (TPSA) is 179 Å². The van der Waals surface area contributed by atoms with Crippen molar-refractivity contribution in [2.75, 3.05) is 102 Å². The predicted molar refractivity (Wildman–Crippen MR) is 300 cm³/mol. The minimum Gasteiger partial charge on any atom is -0.464 e. The van der Waals surface area contributed by atoms with Crippen LogP contribution in [-0.2, 0) is 46.4 Å². The standard InChI is InChI=1S/C60H87N11O7/c1-8-70-49-16-15-41-28-44(49)46(54(70)45-29-42(32-61-50(45)38(4)76-7)66-24-22-65(23-25-66)40-13-14-40)31-59(5,6)36-78-58(75)47-10-9-19-71(64-47)56(73)48(30-43-33-67(41)26-27-77-43)62-55(72)53(37(2)3)68-20-17-60(34-68)18-21-69(35-60)57(74)52-51(63-52)39-11-12-39/h15-16,28-29,32,37-40,43,47-48,51-53,63-64H,8-14,17-27,30-31,33-36H2,1-7H3,(H,62,72)/t38-,43-,47-,48-,51?,52+,53?,60-/m0/s1. The van der Waals surface area contributed by atoms with Crippen molar-refractivity contribution in [1.82, 2.24) is 45.3 Å². The molecule has 2 aliphatic carbocycles. The fraction of sp³-hybridized carbons (Fsp3) is 0.717. The highest BCUT2D eigenvalue weighted by molar-refractivity contribution is 5.95. The van der Waals surface area contributed by atoms with Gasteiger partial charge >= 0.3 is 5.97 Å². The molecule has 8 atom stereocenters. The summed E-state index contributed by atoms with van der Waals surface area (Å²) >= 11 is 0. The Balaban J connectivity index is 0.844. The van der Waals surface area contributed by atoms with Gasteiger partial charge in [-0.05, 0) is 120 Å². The quantitative estimate of drug-likeness (QED) is 0.161. The van der Waals surface area contributed by atoms with Gasteiger partial charge in [0, 0.05) is 131 Å². The van der Waals surface area contributed by atoms with Crippen LogP contribution in [0.25, 0.3) is 22.2 Å². The minimum atomic E-state index is -0.921. The van der Waals surface area contributed by atoms with E-state index in [9.17, 15) is 14.4 Å². The van der Waals surface area contributed by atoms with E-state index in [1.165, 1.54) is 31.2 Å². The maximum atomic E-state index is 15.0. The number of aryl methyl sites for hydroxylation is 1. The number of hydrogen-bond acceptors (Lipinski definition) is 14. The van der Waals surface area contributed by atoms with Crippen LogP contribution in [0.4, 0.5) is 11.4 Å². The molecule has 3 N–H and O–H groups in total. The van der Waals surface area contributed by atoms with Crippen molar-refractivity contribution in [3.05, 3.63) is 41.7 Å². The van der Waals surface area contributed by atoms with E-state index in [1.807, 2.05) is 6.20 Å². The molecule has 424 valence electrons. The van der Waals surface area contributed by atoms with Gasteiger partial charge in [0.15, 0.2) is 0 Å². The van der Waals surface area contributed by atoms with Gasteiger partial charge in [0.25, 0.3) is 5.91 Å². The van der Waals surface area contributed by atoms with Gasteiger partial charge in [-0.1, -0.05) is 27.7 Å². The fourth-order valence-electron chi connectivity index (χ4n) is 14.5. The molecular weight excluding hydrogens is 987 g/mol. The summed E-state index contributed by atoms with van der Waals surface area (Å²) in [4.78, 5) is 74.9. The van der Waals surface area contributed by atoms with Crippen molar-refractivity contribution < 1.29 is 33.4 Å². The first-order valence-electron chi connectivity index (χ1n) is 30.0. The van der Waals surface area contributed by atoms with Crippen LogP contribution in [-0.4, -0.2) is 188 Å². The number of nitrogens with zero attached hydrogens (tertiary/aromatic N) is 8. The molecule has 2 aromatic heterocycles. The Morgan fingerprint density at radius 3 is 2.46 bits per heavy atom. The number of rotatable bonds is 12. The Bertz CT molecular complexity index is 2750. The van der Waals surface area contributed by atoms with E-state index in [-0.39, 0.29) is 60.3 Å². The molecule has 7 aliphatic heterocycles. The lowest BCUT2D eigenvalue weighted by Crippen LogP contribution is -2.62. The SMILES string of the molecule is CCn1c(-c2cc(N3CCN(C4CC4)CC3)cnc2[C@H](C)OC)c2c3cc(ccc31)N1CCO[C@@H](C[C@H](NC(=O)C(C(C)C)N3CC[C@]4(CCN(C(=O)[C@@H]5NC5C5CC5)C4)C3)C(=O)N3CCC[C@H](N3)C(=O)OCC(C)(C)C2)C1. The van der Waals surface area contributed by atoms with Gasteiger partial charge in [0.1, 0.15) is 18.1 Å². The van der Waals surface area contributed by atoms with Crippen LogP contribution < -0.4 is 25.9 Å². The van der Waals surface area contributed by atoms with Crippen LogP contribution in [0.2, 0.25) is 0 Å². The molecule has 1 aromatic carbocycles. The summed E-state index contributed by atoms with van der Waals surface area (Å²) in [6.07, 6.45) is 10.3. The predicted octanol–water partition coefficient (Wildman–Crippen LogP) is 5.12. The number of nitrogens with one attached hydrogen (secondary N) is 3. The first-order chi connectivity index (χ1) is 37.6. The summed E-state index contributed by atoms with van der Waals surface area (Å²) in [5.74, 6) is 0.00111. The van der Waals surface area contributed by atoms with Gasteiger partial charge in [-0.3, -0.25) is 44.3 Å². The van der Waals surface area contributed by atoms with E-state index in [0.29, 0.717) is 57.5 Å². The lowest BCUT2D eigenvalue weighted by atomic mass is 9.84. The van der Waals surface area contributed by atoms with Crippen LogP contribution in [0, 0.1) is 22.7 Å². The lowest BCUT2D eigenvalue weighted by Gasteiger charge is -2.39. The van der Waals surface area contributed by atoms with E-state index in [4.69, 9.17) is 19.2 Å². The first kappa shape index (κ1) is 53.8. The summed E-state index contributed by atoms with van der Waals surface area (Å²) < 4.78 is 21.4. The molecule has 78 heavy (non-hydrogen) atoms. The number of benzene rings is 1. The van der Waals surface area contributed by atoms with Crippen molar-refractivity contribution in [1.29, 1.82) is 0 Å². The molecule has 6 bridgehead atoms. The number of methoxy groups -OCH3 is 1. The van der Waals surface area contributed by atoms with Crippen molar-refractivity contribution in [3.63, 3.8) is 0 Å². The normalized spacial score (nSPS) is 30.0. The van der Waals surface area contributed by atoms with Gasteiger partial charge in [0.05, 0.1) is 54.7 Å². The number of piperazine rings is 1. The van der Waals surface area contributed by atoms with Gasteiger partial charge < -0.3 is 38.8 Å². The van der Waals surface area contributed by atoms with Crippen LogP contribution in [0.15, 0.2) is 30.5 Å². The van der Waals surface area contributed by atoms with E-state index in [0.717, 1.165) is 117 Å². The zero-order valence-electron chi connectivity index (χ0n) is 47.6. The third-order valence-electron chi connectivity index (χ3n) is 19.3. The first-order valence-corrected chi connectivity index (χ1v) is 30.0. The number of amides is 3. The molecule has 9 heterocycles. The number of hydrazine groups is 1. The Hall–Kier alpha value is -4.85. The largest absolute Gasteiger partial charge is 0.464 e. The Kier molecular flexibility index (Phi) is 14.9. The molecule has 3 amide bonds. The van der Waals surface area contributed by atoms with Crippen LogP contribution >= 0.6 is 0 Å². The maximum absolute atomic E-state index is 15.0. The molecule has 12 rings (SSSR count). The number of carbonyl (C=O) groups is 4.